The van der Waals surface area contributed by atoms with Crippen LogP contribution in [0.1, 0.15) is 32.3 Å². The monoisotopic (exact) mass is 357 g/mol. The fourth-order valence-electron chi connectivity index (χ4n) is 2.94. The molecule has 3 nitrogen and oxygen atoms in total. The molecule has 25 heavy (non-hydrogen) atoms. The van der Waals surface area contributed by atoms with Gasteiger partial charge in [0.15, 0.2) is 0 Å². The van der Waals surface area contributed by atoms with Crippen LogP contribution in [0.15, 0.2) is 80.9 Å². The standard InChI is InChI=1S/C21H27NO2S/c1-16(2)21(23)20(18-11-7-5-8-12-18)17(3)15-25(24,22-4)19-13-9-6-10-14-19/h5-16,20-21,23H,1-4H3/b17-15-/t20-,21-,25-/m0/s1. The number of nitrogens with zero attached hydrogens (tertiary/aromatic N) is 1. The highest BCUT2D eigenvalue weighted by molar-refractivity contribution is 7.96. The SMILES string of the molecule is CN=[S@](=O)(/C=C(/C)[C@@H](c1ccccc1)[C@@H](O)C(C)C)c1ccccc1. The van der Waals surface area contributed by atoms with E-state index in [4.69, 9.17) is 0 Å². The number of aliphatic hydroxyl groups is 1. The van der Waals surface area contributed by atoms with Crippen molar-refractivity contribution < 1.29 is 9.32 Å². The van der Waals surface area contributed by atoms with Crippen molar-refractivity contribution in [3.05, 3.63) is 77.2 Å². The largest absolute Gasteiger partial charge is 0.392 e. The molecule has 2 aromatic rings. The van der Waals surface area contributed by atoms with Gasteiger partial charge in [0.1, 0.15) is 0 Å². The van der Waals surface area contributed by atoms with Crippen LogP contribution in [-0.2, 0) is 9.73 Å². The van der Waals surface area contributed by atoms with Crippen molar-refractivity contribution in [3.8, 4) is 0 Å². The first-order chi connectivity index (χ1) is 11.9. The molecule has 0 fully saturated rings. The third kappa shape index (κ3) is 4.59. The molecule has 0 radical (unpaired) electrons. The number of benzene rings is 2. The Hall–Kier alpha value is -1.91. The lowest BCUT2D eigenvalue weighted by Gasteiger charge is -2.27. The van der Waals surface area contributed by atoms with Gasteiger partial charge in [-0.25, -0.2) is 8.57 Å². The number of rotatable bonds is 6. The Balaban J connectivity index is 2.54. The van der Waals surface area contributed by atoms with Crippen molar-refractivity contribution in [2.24, 2.45) is 10.3 Å². The molecule has 0 aromatic heterocycles. The Morgan fingerprint density at radius 3 is 2.04 bits per heavy atom. The summed E-state index contributed by atoms with van der Waals surface area (Å²) in [4.78, 5) is 0.683. The van der Waals surface area contributed by atoms with Gasteiger partial charge in [-0.3, -0.25) is 0 Å². The summed E-state index contributed by atoms with van der Waals surface area (Å²) in [7, 11) is -1.09. The van der Waals surface area contributed by atoms with Crippen LogP contribution in [0.3, 0.4) is 0 Å². The third-order valence-corrected chi connectivity index (χ3v) is 6.55. The number of hydrogen-bond donors (Lipinski definition) is 1. The molecule has 0 bridgehead atoms. The van der Waals surface area contributed by atoms with Crippen molar-refractivity contribution >= 4 is 9.73 Å². The Bertz CT molecular complexity index is 819. The molecule has 2 rings (SSSR count). The highest BCUT2D eigenvalue weighted by Crippen LogP contribution is 2.33. The summed E-state index contributed by atoms with van der Waals surface area (Å²) in [5.41, 5.74) is 1.88. The van der Waals surface area contributed by atoms with E-state index in [-0.39, 0.29) is 11.8 Å². The van der Waals surface area contributed by atoms with Gasteiger partial charge in [0.05, 0.1) is 20.7 Å². The van der Waals surface area contributed by atoms with Gasteiger partial charge < -0.3 is 5.11 Å². The van der Waals surface area contributed by atoms with Gasteiger partial charge in [-0.15, -0.1) is 0 Å². The molecule has 0 saturated carbocycles. The maximum absolute atomic E-state index is 13.4. The zero-order chi connectivity index (χ0) is 18.4. The summed E-state index contributed by atoms with van der Waals surface area (Å²) in [5.74, 6) is -0.132. The van der Waals surface area contributed by atoms with Crippen LogP contribution < -0.4 is 0 Å². The minimum absolute atomic E-state index is 0.0832. The van der Waals surface area contributed by atoms with Crippen LogP contribution in [0, 0.1) is 5.92 Å². The summed E-state index contributed by atoms with van der Waals surface area (Å²) in [6.45, 7) is 5.91. The van der Waals surface area contributed by atoms with E-state index in [1.165, 1.54) is 0 Å². The average Bonchev–Trinajstić information content (AvgIpc) is 2.63. The van der Waals surface area contributed by atoms with Crippen LogP contribution in [-0.4, -0.2) is 22.5 Å². The Morgan fingerprint density at radius 2 is 1.56 bits per heavy atom. The van der Waals surface area contributed by atoms with Crippen molar-refractivity contribution in [2.45, 2.75) is 37.7 Å². The fourth-order valence-corrected chi connectivity index (χ4v) is 4.59. The summed E-state index contributed by atoms with van der Waals surface area (Å²) in [6.07, 6.45) is -0.560. The predicted octanol–water partition coefficient (Wildman–Crippen LogP) is 4.85. The quantitative estimate of drug-likeness (QED) is 0.803. The second-order valence-corrected chi connectivity index (χ2v) is 8.76. The van der Waals surface area contributed by atoms with Gasteiger partial charge >= 0.3 is 0 Å². The molecule has 2 aromatic carbocycles. The van der Waals surface area contributed by atoms with Crippen molar-refractivity contribution in [1.29, 1.82) is 0 Å². The molecule has 3 atom stereocenters. The lowest BCUT2D eigenvalue weighted by atomic mass is 9.83. The summed E-state index contributed by atoms with van der Waals surface area (Å²) >= 11 is 0. The number of hydrogen-bond acceptors (Lipinski definition) is 3. The summed E-state index contributed by atoms with van der Waals surface area (Å²) < 4.78 is 17.5. The van der Waals surface area contributed by atoms with E-state index in [1.807, 2.05) is 81.4 Å². The molecule has 0 saturated heterocycles. The average molecular weight is 358 g/mol. The second kappa shape index (κ2) is 8.45. The molecular formula is C21H27NO2S. The first kappa shape index (κ1) is 19.4. The molecule has 1 N–H and O–H groups in total. The molecular weight excluding hydrogens is 330 g/mol. The summed E-state index contributed by atoms with van der Waals surface area (Å²) in [5, 5.41) is 12.5. The molecule has 134 valence electrons. The molecule has 0 aliphatic carbocycles. The van der Waals surface area contributed by atoms with Crippen LogP contribution in [0.25, 0.3) is 0 Å². The topological polar surface area (TPSA) is 49.7 Å². The maximum atomic E-state index is 13.4. The zero-order valence-electron chi connectivity index (χ0n) is 15.3. The van der Waals surface area contributed by atoms with Gasteiger partial charge in [-0.2, -0.15) is 0 Å². The second-order valence-electron chi connectivity index (χ2n) is 6.55. The van der Waals surface area contributed by atoms with E-state index in [9.17, 15) is 9.32 Å². The first-order valence-corrected chi connectivity index (χ1v) is 10.1. The van der Waals surface area contributed by atoms with E-state index < -0.39 is 15.8 Å². The molecule has 0 aliphatic heterocycles. The first-order valence-electron chi connectivity index (χ1n) is 8.50. The normalized spacial score (nSPS) is 17.0. The smallest absolute Gasteiger partial charge is 0.0966 e. The van der Waals surface area contributed by atoms with Crippen LogP contribution >= 0.6 is 0 Å². The Labute approximate surface area is 151 Å². The van der Waals surface area contributed by atoms with E-state index >= 15 is 0 Å². The van der Waals surface area contributed by atoms with Gasteiger partial charge in [0, 0.05) is 18.4 Å². The zero-order valence-corrected chi connectivity index (χ0v) is 16.1. The highest BCUT2D eigenvalue weighted by atomic mass is 32.2. The van der Waals surface area contributed by atoms with Crippen LogP contribution in [0.2, 0.25) is 0 Å². The van der Waals surface area contributed by atoms with E-state index in [0.29, 0.717) is 4.90 Å². The van der Waals surface area contributed by atoms with Gasteiger partial charge in [0.25, 0.3) is 0 Å². The Morgan fingerprint density at radius 1 is 1.04 bits per heavy atom. The maximum Gasteiger partial charge on any atom is 0.0966 e. The fraction of sp³-hybridized carbons (Fsp3) is 0.333. The molecule has 4 heteroatoms. The predicted molar refractivity (Wildman–Crippen MR) is 105 cm³/mol. The lowest BCUT2D eigenvalue weighted by Crippen LogP contribution is -2.25. The van der Waals surface area contributed by atoms with Gasteiger partial charge in [-0.1, -0.05) is 68.0 Å². The minimum atomic E-state index is -2.67. The third-order valence-electron chi connectivity index (χ3n) is 4.37. The molecule has 0 heterocycles. The van der Waals surface area contributed by atoms with Crippen molar-refractivity contribution in [3.63, 3.8) is 0 Å². The van der Waals surface area contributed by atoms with Crippen LogP contribution in [0.4, 0.5) is 0 Å². The van der Waals surface area contributed by atoms with Gasteiger partial charge in [-0.05, 0) is 30.5 Å². The van der Waals surface area contributed by atoms with Crippen LogP contribution in [0.5, 0.6) is 0 Å². The molecule has 0 spiro atoms. The molecule has 0 unspecified atom stereocenters. The summed E-state index contributed by atoms with van der Waals surface area (Å²) in [6, 6.07) is 19.2. The van der Waals surface area contributed by atoms with Crippen molar-refractivity contribution in [1.82, 2.24) is 0 Å². The molecule has 0 aliphatic rings. The van der Waals surface area contributed by atoms with Crippen molar-refractivity contribution in [2.75, 3.05) is 7.05 Å². The molecule has 0 amide bonds. The van der Waals surface area contributed by atoms with E-state index in [0.717, 1.165) is 11.1 Å². The Kier molecular flexibility index (Phi) is 6.57. The van der Waals surface area contributed by atoms with E-state index in [2.05, 4.69) is 4.36 Å². The minimum Gasteiger partial charge on any atom is -0.392 e. The number of aliphatic hydroxyl groups excluding tert-OH is 1. The highest BCUT2D eigenvalue weighted by Gasteiger charge is 2.26. The lowest BCUT2D eigenvalue weighted by molar-refractivity contribution is 0.107. The van der Waals surface area contributed by atoms with E-state index in [1.54, 1.807) is 12.5 Å². The van der Waals surface area contributed by atoms with Gasteiger partial charge in [0.2, 0.25) is 0 Å².